The van der Waals surface area contributed by atoms with Crippen LogP contribution in [0.3, 0.4) is 0 Å². The van der Waals surface area contributed by atoms with Crippen molar-refractivity contribution < 1.29 is 0 Å². The van der Waals surface area contributed by atoms with E-state index in [-0.39, 0.29) is 6.17 Å². The number of nitrogens with one attached hydrogen (secondary N) is 1. The first-order valence-electron chi connectivity index (χ1n) is 10.5. The molecule has 1 unspecified atom stereocenters. The van der Waals surface area contributed by atoms with E-state index in [9.17, 15) is 0 Å². The molecule has 1 atom stereocenters. The quantitative estimate of drug-likeness (QED) is 0.437. The van der Waals surface area contributed by atoms with E-state index in [4.69, 9.17) is 9.98 Å². The van der Waals surface area contributed by atoms with Crippen LogP contribution >= 0.6 is 0 Å². The van der Waals surface area contributed by atoms with Gasteiger partial charge in [0, 0.05) is 11.1 Å². The Labute approximate surface area is 182 Å². The Morgan fingerprint density at radius 3 is 1.55 bits per heavy atom. The van der Waals surface area contributed by atoms with Gasteiger partial charge in [0.05, 0.1) is 0 Å². The molecule has 31 heavy (non-hydrogen) atoms. The summed E-state index contributed by atoms with van der Waals surface area (Å²) in [7, 11) is 0. The van der Waals surface area contributed by atoms with Crippen molar-refractivity contribution in [3.05, 3.63) is 131 Å². The molecule has 1 aliphatic rings. The summed E-state index contributed by atoms with van der Waals surface area (Å²) in [6, 6.07) is 37.6. The molecule has 0 radical (unpaired) electrons. The lowest BCUT2D eigenvalue weighted by Gasteiger charge is -2.22. The molecular weight excluding hydrogens is 378 g/mol. The molecule has 1 aliphatic heterocycles. The van der Waals surface area contributed by atoms with Crippen molar-refractivity contribution >= 4 is 11.7 Å². The first kappa shape index (κ1) is 19.0. The molecule has 4 aromatic carbocycles. The molecule has 0 amide bonds. The number of hydrogen-bond donors (Lipinski definition) is 1. The Bertz CT molecular complexity index is 1220. The molecule has 3 heteroatoms. The normalized spacial score (nSPS) is 15.6. The lowest BCUT2D eigenvalue weighted by Crippen LogP contribution is -2.36. The van der Waals surface area contributed by atoms with Crippen molar-refractivity contribution in [2.24, 2.45) is 9.98 Å². The Morgan fingerprint density at radius 1 is 0.516 bits per heavy atom. The van der Waals surface area contributed by atoms with Crippen LogP contribution in [0.1, 0.15) is 28.4 Å². The van der Waals surface area contributed by atoms with E-state index in [2.05, 4.69) is 97.2 Å². The van der Waals surface area contributed by atoms with Gasteiger partial charge in [-0.1, -0.05) is 115 Å². The summed E-state index contributed by atoms with van der Waals surface area (Å²) >= 11 is 0. The minimum Gasteiger partial charge on any atom is -0.324 e. The predicted octanol–water partition coefficient (Wildman–Crippen LogP) is 6.16. The first-order valence-corrected chi connectivity index (χ1v) is 10.5. The molecule has 3 nitrogen and oxygen atoms in total. The summed E-state index contributed by atoms with van der Waals surface area (Å²) in [5, 5.41) is 3.46. The Kier molecular flexibility index (Phi) is 5.16. The van der Waals surface area contributed by atoms with Gasteiger partial charge in [0.2, 0.25) is 0 Å². The predicted molar refractivity (Wildman–Crippen MR) is 128 cm³/mol. The smallest absolute Gasteiger partial charge is 0.169 e. The van der Waals surface area contributed by atoms with Crippen LogP contribution in [0, 0.1) is 6.92 Å². The molecule has 0 spiro atoms. The van der Waals surface area contributed by atoms with Crippen LogP contribution in [0.2, 0.25) is 0 Å². The van der Waals surface area contributed by atoms with Gasteiger partial charge in [-0.05, 0) is 23.6 Å². The van der Waals surface area contributed by atoms with E-state index in [1.165, 1.54) is 16.7 Å². The van der Waals surface area contributed by atoms with Gasteiger partial charge in [-0.3, -0.25) is 0 Å². The van der Waals surface area contributed by atoms with Crippen molar-refractivity contribution in [2.75, 3.05) is 0 Å². The molecule has 0 saturated carbocycles. The van der Waals surface area contributed by atoms with Gasteiger partial charge in [0.25, 0.3) is 0 Å². The number of aryl methyl sites for hydroxylation is 1. The van der Waals surface area contributed by atoms with Crippen LogP contribution in [0.5, 0.6) is 0 Å². The molecule has 4 aromatic rings. The Hall–Kier alpha value is -3.98. The molecule has 1 heterocycles. The highest BCUT2D eigenvalue weighted by molar-refractivity contribution is 6.15. The fraction of sp³-hybridized carbons (Fsp3) is 0.0714. The van der Waals surface area contributed by atoms with Crippen molar-refractivity contribution in [1.82, 2.24) is 5.32 Å². The summed E-state index contributed by atoms with van der Waals surface area (Å²) in [5.41, 5.74) is 6.79. The summed E-state index contributed by atoms with van der Waals surface area (Å²) in [4.78, 5) is 9.86. The summed E-state index contributed by atoms with van der Waals surface area (Å²) < 4.78 is 0. The molecule has 0 aliphatic carbocycles. The van der Waals surface area contributed by atoms with E-state index in [1.54, 1.807) is 0 Å². The van der Waals surface area contributed by atoms with Gasteiger partial charge in [-0.2, -0.15) is 0 Å². The summed E-state index contributed by atoms with van der Waals surface area (Å²) in [6.45, 7) is 2.09. The molecule has 0 bridgehead atoms. The number of amidine groups is 2. The third-order valence-corrected chi connectivity index (χ3v) is 5.43. The molecule has 5 rings (SSSR count). The topological polar surface area (TPSA) is 36.8 Å². The van der Waals surface area contributed by atoms with Gasteiger partial charge in [-0.15, -0.1) is 0 Å². The number of benzene rings is 4. The molecule has 0 saturated heterocycles. The zero-order chi connectivity index (χ0) is 21.0. The zero-order valence-corrected chi connectivity index (χ0v) is 17.4. The van der Waals surface area contributed by atoms with E-state index in [0.717, 1.165) is 28.4 Å². The molecule has 0 fully saturated rings. The maximum absolute atomic E-state index is 4.95. The highest BCUT2D eigenvalue weighted by atomic mass is 15.2. The zero-order valence-electron chi connectivity index (χ0n) is 17.4. The number of aliphatic imine (C=N–C) groups is 2. The number of nitrogens with zero attached hydrogens (tertiary/aromatic N) is 2. The van der Waals surface area contributed by atoms with Gasteiger partial charge < -0.3 is 5.32 Å². The lowest BCUT2D eigenvalue weighted by atomic mass is 10.0. The largest absolute Gasteiger partial charge is 0.324 e. The maximum atomic E-state index is 4.95. The second-order valence-electron chi connectivity index (χ2n) is 7.67. The Balaban J connectivity index is 1.51. The fourth-order valence-electron chi connectivity index (χ4n) is 3.68. The lowest BCUT2D eigenvalue weighted by molar-refractivity contribution is 0.755. The molecule has 0 aromatic heterocycles. The van der Waals surface area contributed by atoms with E-state index in [1.807, 2.05) is 24.3 Å². The number of hydrogen-bond acceptors (Lipinski definition) is 3. The molecule has 1 N–H and O–H groups in total. The van der Waals surface area contributed by atoms with Crippen molar-refractivity contribution in [2.45, 2.75) is 13.1 Å². The summed E-state index contributed by atoms with van der Waals surface area (Å²) in [5.74, 6) is 1.67. The molecule has 150 valence electrons. The van der Waals surface area contributed by atoms with Gasteiger partial charge in [-0.25, -0.2) is 9.98 Å². The highest BCUT2D eigenvalue weighted by Crippen LogP contribution is 2.25. The average molecular weight is 402 g/mol. The Morgan fingerprint density at radius 2 is 0.968 bits per heavy atom. The van der Waals surface area contributed by atoms with E-state index < -0.39 is 0 Å². The second-order valence-corrected chi connectivity index (χ2v) is 7.67. The maximum Gasteiger partial charge on any atom is 0.169 e. The van der Waals surface area contributed by atoms with Crippen LogP contribution in [0.25, 0.3) is 11.1 Å². The standard InChI is InChI=1S/C28H23N3/c1-20-12-14-24(15-13-20)27-29-26(23-10-6-3-7-11-23)30-28(31-27)25-18-16-22(17-19-25)21-8-4-2-5-9-21/h2-19,27H,1H3,(H,29,30,31). The van der Waals surface area contributed by atoms with Crippen LogP contribution in [0.4, 0.5) is 0 Å². The third kappa shape index (κ3) is 4.17. The fourth-order valence-corrected chi connectivity index (χ4v) is 3.68. The average Bonchev–Trinajstić information content (AvgIpc) is 2.85. The monoisotopic (exact) mass is 401 g/mol. The minimum absolute atomic E-state index is 0.277. The first-order chi connectivity index (χ1) is 15.3. The van der Waals surface area contributed by atoms with Crippen LogP contribution in [-0.4, -0.2) is 11.7 Å². The van der Waals surface area contributed by atoms with Crippen LogP contribution in [-0.2, 0) is 0 Å². The second kappa shape index (κ2) is 8.41. The SMILES string of the molecule is Cc1ccc(C2N=C(c3ccccc3)NC(c3ccc(-c4ccccc4)cc3)=N2)cc1. The van der Waals surface area contributed by atoms with E-state index >= 15 is 0 Å². The third-order valence-electron chi connectivity index (χ3n) is 5.43. The van der Waals surface area contributed by atoms with Crippen molar-refractivity contribution in [3.8, 4) is 11.1 Å². The highest BCUT2D eigenvalue weighted by Gasteiger charge is 2.20. The van der Waals surface area contributed by atoms with Crippen molar-refractivity contribution in [1.29, 1.82) is 0 Å². The van der Waals surface area contributed by atoms with Crippen LogP contribution < -0.4 is 5.32 Å². The van der Waals surface area contributed by atoms with Crippen molar-refractivity contribution in [3.63, 3.8) is 0 Å². The summed E-state index contributed by atoms with van der Waals surface area (Å²) in [6.07, 6.45) is -0.277. The number of rotatable bonds is 4. The van der Waals surface area contributed by atoms with Gasteiger partial charge in [0.15, 0.2) is 6.17 Å². The van der Waals surface area contributed by atoms with Crippen LogP contribution in [0.15, 0.2) is 119 Å². The van der Waals surface area contributed by atoms with Gasteiger partial charge >= 0.3 is 0 Å². The van der Waals surface area contributed by atoms with E-state index in [0.29, 0.717) is 0 Å². The minimum atomic E-state index is -0.277. The molecular formula is C28H23N3. The van der Waals surface area contributed by atoms with Gasteiger partial charge in [0.1, 0.15) is 11.7 Å².